The highest BCUT2D eigenvalue weighted by molar-refractivity contribution is 5.85. The fourth-order valence-corrected chi connectivity index (χ4v) is 3.02. The Bertz CT molecular complexity index is 915. The van der Waals surface area contributed by atoms with E-state index in [0.717, 1.165) is 39.6 Å². The van der Waals surface area contributed by atoms with Crippen molar-refractivity contribution in [2.45, 2.75) is 13.8 Å². The first-order valence-corrected chi connectivity index (χ1v) is 7.88. The zero-order chi connectivity index (χ0) is 16.7. The average Bonchev–Trinajstić information content (AvgIpc) is 2.98. The van der Waals surface area contributed by atoms with Crippen molar-refractivity contribution in [1.82, 2.24) is 10.2 Å². The Hall–Kier alpha value is -2.95. The molecule has 0 fully saturated rings. The number of aryl methyl sites for hydroxylation is 2. The van der Waals surface area contributed by atoms with Crippen LogP contribution in [0.4, 0.5) is 0 Å². The summed E-state index contributed by atoms with van der Waals surface area (Å²) < 4.78 is 11.3. The van der Waals surface area contributed by atoms with E-state index < -0.39 is 0 Å². The maximum absolute atomic E-state index is 10.3. The van der Waals surface area contributed by atoms with E-state index >= 15 is 0 Å². The van der Waals surface area contributed by atoms with E-state index in [1.807, 2.05) is 44.2 Å². The maximum Gasteiger partial charge on any atom is 0.161 e. The Kier molecular flexibility index (Phi) is 3.41. The van der Waals surface area contributed by atoms with Crippen LogP contribution in [0.1, 0.15) is 11.3 Å². The van der Waals surface area contributed by atoms with Gasteiger partial charge in [-0.15, -0.1) is 0 Å². The summed E-state index contributed by atoms with van der Waals surface area (Å²) in [5, 5.41) is 17.7. The van der Waals surface area contributed by atoms with Crippen molar-refractivity contribution in [3.05, 3.63) is 47.7 Å². The summed E-state index contributed by atoms with van der Waals surface area (Å²) in [5.41, 5.74) is 5.36. The Morgan fingerprint density at radius 2 is 1.79 bits per heavy atom. The van der Waals surface area contributed by atoms with Crippen molar-refractivity contribution < 1.29 is 14.6 Å². The van der Waals surface area contributed by atoms with Crippen molar-refractivity contribution in [3.8, 4) is 39.6 Å². The smallest absolute Gasteiger partial charge is 0.161 e. The number of rotatable bonds is 2. The lowest BCUT2D eigenvalue weighted by molar-refractivity contribution is 0.171. The molecule has 2 aromatic carbocycles. The number of aromatic nitrogens is 2. The molecular formula is C19H18N2O3. The molecule has 0 saturated heterocycles. The molecule has 24 heavy (non-hydrogen) atoms. The lowest BCUT2D eigenvalue weighted by Crippen LogP contribution is -2.15. The topological polar surface area (TPSA) is 67.4 Å². The Morgan fingerprint density at radius 1 is 1.00 bits per heavy atom. The zero-order valence-electron chi connectivity index (χ0n) is 13.6. The lowest BCUT2D eigenvalue weighted by Gasteiger charge is -2.19. The number of ether oxygens (including phenoxy) is 2. The molecule has 0 unspecified atom stereocenters. The molecule has 2 heterocycles. The van der Waals surface area contributed by atoms with Crippen LogP contribution < -0.4 is 9.47 Å². The third-order valence-electron chi connectivity index (χ3n) is 4.19. The maximum atomic E-state index is 10.3. The summed E-state index contributed by atoms with van der Waals surface area (Å²) in [4.78, 5) is 0. The molecule has 5 nitrogen and oxygen atoms in total. The van der Waals surface area contributed by atoms with Crippen molar-refractivity contribution in [2.75, 3.05) is 13.2 Å². The molecule has 0 spiro atoms. The van der Waals surface area contributed by atoms with Crippen molar-refractivity contribution in [1.29, 1.82) is 0 Å². The first kappa shape index (κ1) is 14.6. The Morgan fingerprint density at radius 3 is 2.62 bits per heavy atom. The van der Waals surface area contributed by atoms with Crippen LogP contribution in [0.2, 0.25) is 0 Å². The summed E-state index contributed by atoms with van der Waals surface area (Å²) in [7, 11) is 0. The van der Waals surface area contributed by atoms with E-state index in [0.29, 0.717) is 18.8 Å². The Labute approximate surface area is 139 Å². The highest BCUT2D eigenvalue weighted by atomic mass is 16.6. The second kappa shape index (κ2) is 5.60. The number of hydrogen-bond acceptors (Lipinski definition) is 4. The third-order valence-corrected chi connectivity index (χ3v) is 4.19. The van der Waals surface area contributed by atoms with E-state index in [1.54, 1.807) is 6.07 Å². The summed E-state index contributed by atoms with van der Waals surface area (Å²) in [6.07, 6.45) is 0. The summed E-state index contributed by atoms with van der Waals surface area (Å²) in [6.45, 7) is 5.08. The van der Waals surface area contributed by atoms with Crippen LogP contribution in [-0.4, -0.2) is 28.5 Å². The first-order valence-electron chi connectivity index (χ1n) is 7.88. The van der Waals surface area contributed by atoms with Crippen LogP contribution in [0, 0.1) is 13.8 Å². The number of phenolic OH excluding ortho intramolecular Hbond substituents is 1. The zero-order valence-corrected chi connectivity index (χ0v) is 13.6. The second-order valence-electron chi connectivity index (χ2n) is 5.95. The van der Waals surface area contributed by atoms with Gasteiger partial charge in [-0.05, 0) is 43.7 Å². The fraction of sp³-hybridized carbons (Fsp3) is 0.211. The minimum absolute atomic E-state index is 0.214. The van der Waals surface area contributed by atoms with Gasteiger partial charge in [-0.1, -0.05) is 17.7 Å². The van der Waals surface area contributed by atoms with Gasteiger partial charge in [-0.3, -0.25) is 5.10 Å². The monoisotopic (exact) mass is 322 g/mol. The van der Waals surface area contributed by atoms with Gasteiger partial charge < -0.3 is 14.6 Å². The molecule has 0 bridgehead atoms. The van der Waals surface area contributed by atoms with Gasteiger partial charge in [0.1, 0.15) is 24.7 Å². The van der Waals surface area contributed by atoms with Gasteiger partial charge in [0, 0.05) is 16.8 Å². The third kappa shape index (κ3) is 2.38. The largest absolute Gasteiger partial charge is 0.507 e. The highest BCUT2D eigenvalue weighted by Gasteiger charge is 2.20. The summed E-state index contributed by atoms with van der Waals surface area (Å²) in [5.74, 6) is 1.70. The van der Waals surface area contributed by atoms with E-state index in [2.05, 4.69) is 10.2 Å². The molecule has 122 valence electrons. The van der Waals surface area contributed by atoms with E-state index in [1.165, 1.54) is 0 Å². The number of H-pyrrole nitrogens is 1. The van der Waals surface area contributed by atoms with Crippen LogP contribution in [0.25, 0.3) is 22.4 Å². The number of aromatic amines is 1. The molecule has 0 atom stereocenters. The summed E-state index contributed by atoms with van der Waals surface area (Å²) in [6, 6.07) is 11.4. The van der Waals surface area contributed by atoms with Crippen LogP contribution in [0.5, 0.6) is 17.2 Å². The number of phenols is 1. The number of aromatic hydroxyl groups is 1. The molecule has 5 heteroatoms. The number of nitrogens with zero attached hydrogens (tertiary/aromatic N) is 1. The minimum Gasteiger partial charge on any atom is -0.507 e. The summed E-state index contributed by atoms with van der Waals surface area (Å²) >= 11 is 0. The molecule has 4 rings (SSSR count). The molecule has 1 aromatic heterocycles. The number of nitrogens with one attached hydrogen (secondary N) is 1. The standard InChI is InChI=1S/C19H18N2O3/c1-11-3-5-15(22)14(9-11)19-18(12(2)20-21-19)13-4-6-16-17(10-13)24-8-7-23-16/h3-6,9-10,22H,7-8H2,1-2H3,(H,20,21). The van der Waals surface area contributed by atoms with Crippen LogP contribution >= 0.6 is 0 Å². The van der Waals surface area contributed by atoms with Crippen molar-refractivity contribution in [2.24, 2.45) is 0 Å². The van der Waals surface area contributed by atoms with E-state index in [4.69, 9.17) is 9.47 Å². The number of hydrogen-bond donors (Lipinski definition) is 2. The predicted molar refractivity (Wildman–Crippen MR) is 91.6 cm³/mol. The number of benzene rings is 2. The van der Waals surface area contributed by atoms with Gasteiger partial charge in [0.05, 0.1) is 0 Å². The molecule has 1 aliphatic heterocycles. The van der Waals surface area contributed by atoms with Crippen LogP contribution in [0.3, 0.4) is 0 Å². The Balaban J connectivity index is 1.88. The van der Waals surface area contributed by atoms with E-state index in [-0.39, 0.29) is 5.75 Å². The van der Waals surface area contributed by atoms with Gasteiger partial charge in [-0.25, -0.2) is 0 Å². The van der Waals surface area contributed by atoms with E-state index in [9.17, 15) is 5.11 Å². The van der Waals surface area contributed by atoms with Crippen LogP contribution in [0.15, 0.2) is 36.4 Å². The van der Waals surface area contributed by atoms with Gasteiger partial charge in [0.15, 0.2) is 11.5 Å². The first-order chi connectivity index (χ1) is 11.6. The van der Waals surface area contributed by atoms with Gasteiger partial charge in [0.2, 0.25) is 0 Å². The molecule has 0 amide bonds. The van der Waals surface area contributed by atoms with Gasteiger partial charge >= 0.3 is 0 Å². The average molecular weight is 322 g/mol. The molecule has 1 aliphatic rings. The quantitative estimate of drug-likeness (QED) is 0.752. The number of fused-ring (bicyclic) bond motifs is 1. The molecule has 0 radical (unpaired) electrons. The normalized spacial score (nSPS) is 13.1. The molecule has 2 N–H and O–H groups in total. The predicted octanol–water partition coefficient (Wildman–Crippen LogP) is 3.84. The SMILES string of the molecule is Cc1ccc(O)c(-c2n[nH]c(C)c2-c2ccc3c(c2)OCCO3)c1. The van der Waals surface area contributed by atoms with Crippen LogP contribution in [-0.2, 0) is 0 Å². The van der Waals surface area contributed by atoms with Gasteiger partial charge in [0.25, 0.3) is 0 Å². The minimum atomic E-state index is 0.214. The van der Waals surface area contributed by atoms with Gasteiger partial charge in [-0.2, -0.15) is 5.10 Å². The van der Waals surface area contributed by atoms with Crippen molar-refractivity contribution >= 4 is 0 Å². The molecule has 3 aromatic rings. The molecule has 0 aliphatic carbocycles. The van der Waals surface area contributed by atoms with Crippen molar-refractivity contribution in [3.63, 3.8) is 0 Å². The second-order valence-corrected chi connectivity index (χ2v) is 5.95. The molecule has 0 saturated carbocycles. The molecular weight excluding hydrogens is 304 g/mol. The fourth-order valence-electron chi connectivity index (χ4n) is 3.02. The highest BCUT2D eigenvalue weighted by Crippen LogP contribution is 2.41. The lowest BCUT2D eigenvalue weighted by atomic mass is 9.97.